The molecule has 1 atom stereocenters. The van der Waals surface area contributed by atoms with Crippen molar-refractivity contribution in [2.45, 2.75) is 12.2 Å². The predicted octanol–water partition coefficient (Wildman–Crippen LogP) is 4.06. The third-order valence-corrected chi connectivity index (χ3v) is 4.80. The zero-order chi connectivity index (χ0) is 17.8. The molecule has 0 aliphatic carbocycles. The van der Waals surface area contributed by atoms with Crippen LogP contribution in [-0.2, 0) is 26.4 Å². The van der Waals surface area contributed by atoms with Crippen LogP contribution in [0.4, 0.5) is 0 Å². The Bertz CT molecular complexity index is 855. The molecule has 4 rings (SSSR count). The first-order chi connectivity index (χ1) is 12.8. The van der Waals surface area contributed by atoms with Crippen molar-refractivity contribution in [2.24, 2.45) is 0 Å². The van der Waals surface area contributed by atoms with E-state index in [-0.39, 0.29) is 0 Å². The van der Waals surface area contributed by atoms with E-state index in [1.807, 2.05) is 48.5 Å². The van der Waals surface area contributed by atoms with Crippen molar-refractivity contribution in [3.63, 3.8) is 0 Å². The second-order valence-corrected chi connectivity index (χ2v) is 6.37. The van der Waals surface area contributed by atoms with Crippen molar-refractivity contribution in [3.8, 4) is 5.75 Å². The molecule has 1 aliphatic heterocycles. The third-order valence-electron chi connectivity index (χ3n) is 4.55. The number of hydrogen-bond donors (Lipinski definition) is 0. The quantitative estimate of drug-likeness (QED) is 0.462. The second kappa shape index (κ2) is 7.77. The summed E-state index contributed by atoms with van der Waals surface area (Å²) in [6, 6.07) is 15.8. The summed E-state index contributed by atoms with van der Waals surface area (Å²) in [7, 11) is 2.25. The number of fused-ring (bicyclic) bond motifs is 1. The number of furan rings is 1. The number of hydrogen-bond acceptors (Lipinski definition) is 5. The minimum atomic E-state index is -0.805. The predicted molar refractivity (Wildman–Crippen MR) is 101 cm³/mol. The molecule has 0 amide bonds. The van der Waals surface area contributed by atoms with Gasteiger partial charge in [-0.2, -0.15) is 0 Å². The molecule has 0 saturated carbocycles. The molecule has 0 radical (unpaired) electrons. The van der Waals surface area contributed by atoms with Gasteiger partial charge >= 0.3 is 0 Å². The molecule has 1 aliphatic rings. The van der Waals surface area contributed by atoms with Gasteiger partial charge in [-0.25, -0.2) is 0 Å². The molecule has 1 fully saturated rings. The Morgan fingerprint density at radius 1 is 1.00 bits per heavy atom. The molecule has 6 heteroatoms. The van der Waals surface area contributed by atoms with Crippen LogP contribution in [0.25, 0.3) is 11.0 Å². The summed E-state index contributed by atoms with van der Waals surface area (Å²) in [4.78, 5) is 0. The Hall–Kier alpha value is -1.91. The van der Waals surface area contributed by atoms with Crippen LogP contribution in [0.2, 0.25) is 0 Å². The van der Waals surface area contributed by atoms with Gasteiger partial charge in [0, 0.05) is 16.5 Å². The number of ether oxygens (including phenoxy) is 3. The molecule has 2 aromatic carbocycles. The third kappa shape index (κ3) is 3.36. The van der Waals surface area contributed by atoms with Gasteiger partial charge in [-0.15, -0.1) is 0 Å². The fourth-order valence-electron chi connectivity index (χ4n) is 3.24. The van der Waals surface area contributed by atoms with Gasteiger partial charge in [0.25, 0.3) is 0 Å². The van der Waals surface area contributed by atoms with Crippen molar-refractivity contribution in [1.29, 1.82) is 0 Å². The lowest BCUT2D eigenvalue weighted by molar-refractivity contribution is -0.202. The van der Waals surface area contributed by atoms with E-state index >= 15 is 0 Å². The minimum absolute atomic E-state index is 0.354. The van der Waals surface area contributed by atoms with Gasteiger partial charge in [0.1, 0.15) is 6.61 Å². The topological polar surface area (TPSA) is 50.1 Å². The maximum atomic E-state index is 5.93. The molecule has 136 valence electrons. The normalized spacial score (nSPS) is 16.2. The minimum Gasteiger partial charge on any atom is -0.476 e. The Labute approximate surface area is 154 Å². The monoisotopic (exact) mass is 372 g/mol. The number of rotatable bonds is 7. The molecule has 26 heavy (non-hydrogen) atoms. The molecular weight excluding hydrogens is 351 g/mol. The molecule has 0 bridgehead atoms. The van der Waals surface area contributed by atoms with Crippen LogP contribution in [0, 0.1) is 0 Å². The lowest BCUT2D eigenvalue weighted by Crippen LogP contribution is -2.33. The average molecular weight is 372 g/mol. The highest BCUT2D eigenvalue weighted by molar-refractivity contribution is 7.10. The Morgan fingerprint density at radius 2 is 1.81 bits per heavy atom. The summed E-state index contributed by atoms with van der Waals surface area (Å²) < 4.78 is 28.6. The SMILES string of the molecule is POc1cccc2c(CCOCC3(c4ccccc4)OCCO3)coc12. The van der Waals surface area contributed by atoms with Crippen LogP contribution in [0.15, 0.2) is 59.2 Å². The fraction of sp³-hybridized carbons (Fsp3) is 0.300. The van der Waals surface area contributed by atoms with E-state index in [1.165, 1.54) is 0 Å². The average Bonchev–Trinajstić information content (AvgIpc) is 3.34. The van der Waals surface area contributed by atoms with Crippen LogP contribution in [-0.4, -0.2) is 26.4 Å². The summed E-state index contributed by atoms with van der Waals surface area (Å²) in [5.74, 6) is -0.101. The highest BCUT2D eigenvalue weighted by atomic mass is 31.0. The molecule has 5 nitrogen and oxygen atoms in total. The van der Waals surface area contributed by atoms with E-state index < -0.39 is 5.79 Å². The standard InChI is InChI=1S/C20H21O5P/c26-25-18-8-4-7-17-15(13-22-19(17)18)9-10-21-14-20(23-11-12-24-20)16-5-2-1-3-6-16/h1-8,13H,9-12,14,26H2. The Balaban J connectivity index is 1.41. The summed E-state index contributed by atoms with van der Waals surface area (Å²) in [6.45, 7) is 2.04. The van der Waals surface area contributed by atoms with E-state index in [1.54, 1.807) is 6.26 Å². The first kappa shape index (κ1) is 17.5. The summed E-state index contributed by atoms with van der Waals surface area (Å²) in [5.41, 5.74) is 2.82. The van der Waals surface area contributed by atoms with Gasteiger partial charge in [0.2, 0.25) is 5.79 Å². The lowest BCUT2D eigenvalue weighted by Gasteiger charge is -2.27. The molecule has 0 N–H and O–H groups in total. The van der Waals surface area contributed by atoms with E-state index in [0.29, 0.717) is 32.2 Å². The molecule has 2 heterocycles. The van der Waals surface area contributed by atoms with Gasteiger partial charge in [-0.1, -0.05) is 42.5 Å². The van der Waals surface area contributed by atoms with Crippen molar-refractivity contribution in [2.75, 3.05) is 26.4 Å². The van der Waals surface area contributed by atoms with Crippen molar-refractivity contribution >= 4 is 20.4 Å². The first-order valence-corrected chi connectivity index (χ1v) is 9.06. The van der Waals surface area contributed by atoms with Crippen LogP contribution in [0.1, 0.15) is 11.1 Å². The summed E-state index contributed by atoms with van der Waals surface area (Å²) in [5, 5.41) is 1.04. The highest BCUT2D eigenvalue weighted by Gasteiger charge is 2.38. The van der Waals surface area contributed by atoms with Gasteiger partial charge in [0.05, 0.1) is 35.6 Å². The molecule has 3 aromatic rings. The van der Waals surface area contributed by atoms with E-state index in [0.717, 1.165) is 28.5 Å². The Morgan fingerprint density at radius 3 is 2.58 bits per heavy atom. The largest absolute Gasteiger partial charge is 0.476 e. The van der Waals surface area contributed by atoms with Crippen LogP contribution in [0.5, 0.6) is 5.75 Å². The van der Waals surface area contributed by atoms with Crippen molar-refractivity contribution < 1.29 is 23.2 Å². The van der Waals surface area contributed by atoms with E-state index in [4.69, 9.17) is 23.2 Å². The van der Waals surface area contributed by atoms with Crippen LogP contribution >= 0.6 is 9.47 Å². The van der Waals surface area contributed by atoms with E-state index in [9.17, 15) is 0 Å². The van der Waals surface area contributed by atoms with Crippen molar-refractivity contribution in [1.82, 2.24) is 0 Å². The summed E-state index contributed by atoms with van der Waals surface area (Å²) in [6.07, 6.45) is 2.49. The number of benzene rings is 2. The van der Waals surface area contributed by atoms with E-state index in [2.05, 4.69) is 9.47 Å². The highest BCUT2D eigenvalue weighted by Crippen LogP contribution is 2.33. The zero-order valence-corrected chi connectivity index (χ0v) is 15.5. The Kier molecular flexibility index (Phi) is 5.23. The molecule has 1 saturated heterocycles. The molecule has 1 unspecified atom stereocenters. The van der Waals surface area contributed by atoms with Crippen LogP contribution in [0.3, 0.4) is 0 Å². The van der Waals surface area contributed by atoms with Gasteiger partial charge in [-0.05, 0) is 12.5 Å². The molecule has 1 aromatic heterocycles. The lowest BCUT2D eigenvalue weighted by atomic mass is 10.1. The fourth-order valence-corrected chi connectivity index (χ4v) is 3.42. The van der Waals surface area contributed by atoms with Gasteiger partial charge in [-0.3, -0.25) is 0 Å². The zero-order valence-electron chi connectivity index (χ0n) is 14.4. The second-order valence-electron chi connectivity index (χ2n) is 6.13. The van der Waals surface area contributed by atoms with Gasteiger partial charge < -0.3 is 23.2 Å². The maximum Gasteiger partial charge on any atom is 0.219 e. The van der Waals surface area contributed by atoms with Crippen molar-refractivity contribution in [3.05, 3.63) is 65.9 Å². The maximum absolute atomic E-state index is 5.93. The summed E-state index contributed by atoms with van der Waals surface area (Å²) >= 11 is 0. The molecular formula is C20H21O5P. The van der Waals surface area contributed by atoms with Crippen LogP contribution < -0.4 is 4.52 Å². The van der Waals surface area contributed by atoms with Gasteiger partial charge in [0.15, 0.2) is 11.3 Å². The number of para-hydroxylation sites is 1. The first-order valence-electron chi connectivity index (χ1n) is 8.59. The molecule has 0 spiro atoms. The smallest absolute Gasteiger partial charge is 0.219 e.